The number of carbonyl (C=O) groups excluding carboxylic acids is 2. The van der Waals surface area contributed by atoms with E-state index in [2.05, 4.69) is 17.6 Å². The third kappa shape index (κ3) is 5.95. The molecule has 128 valence electrons. The molecule has 0 bridgehead atoms. The lowest BCUT2D eigenvalue weighted by Gasteiger charge is -2.30. The zero-order valence-corrected chi connectivity index (χ0v) is 14.5. The Bertz CT molecular complexity index is 358. The highest BCUT2D eigenvalue weighted by Crippen LogP contribution is 2.29. The molecule has 0 aliphatic heterocycles. The summed E-state index contributed by atoms with van der Waals surface area (Å²) < 4.78 is 4.97. The van der Waals surface area contributed by atoms with Crippen molar-refractivity contribution in [1.29, 1.82) is 0 Å². The molecule has 22 heavy (non-hydrogen) atoms. The number of carbonyl (C=O) groups is 2. The van der Waals surface area contributed by atoms with Gasteiger partial charge in [0.25, 0.3) is 0 Å². The molecule has 0 heterocycles. The quantitative estimate of drug-likeness (QED) is 0.675. The monoisotopic (exact) mass is 312 g/mol. The number of rotatable bonds is 8. The molecule has 1 fully saturated rings. The summed E-state index contributed by atoms with van der Waals surface area (Å²) in [4.78, 5) is 24.8. The van der Waals surface area contributed by atoms with Crippen LogP contribution in [0.4, 0.5) is 0 Å². The highest BCUT2D eigenvalue weighted by Gasteiger charge is 2.31. The molecule has 3 atom stereocenters. The minimum absolute atomic E-state index is 0.0398. The van der Waals surface area contributed by atoms with Crippen LogP contribution in [0.25, 0.3) is 0 Å². The first-order valence-corrected chi connectivity index (χ1v) is 8.54. The lowest BCUT2D eigenvalue weighted by atomic mass is 9.79. The van der Waals surface area contributed by atoms with E-state index in [0.717, 1.165) is 25.7 Å². The van der Waals surface area contributed by atoms with E-state index in [4.69, 9.17) is 4.74 Å². The Labute approximate surface area is 134 Å². The van der Waals surface area contributed by atoms with E-state index in [1.165, 1.54) is 6.42 Å². The molecule has 1 aliphatic carbocycles. The van der Waals surface area contributed by atoms with Crippen molar-refractivity contribution in [3.63, 3.8) is 0 Å². The number of hydrogen-bond acceptors (Lipinski definition) is 3. The van der Waals surface area contributed by atoms with Gasteiger partial charge in [0.15, 0.2) is 0 Å². The van der Waals surface area contributed by atoms with Crippen molar-refractivity contribution < 1.29 is 14.3 Å². The Kier molecular flexibility index (Phi) is 8.46. The summed E-state index contributed by atoms with van der Waals surface area (Å²) in [6.07, 6.45) is 5.14. The van der Waals surface area contributed by atoms with Crippen LogP contribution in [-0.2, 0) is 14.3 Å². The molecular weight excluding hydrogens is 280 g/mol. The standard InChI is InChI=1S/C17H32N2O3/c1-12(2)15(17(21)18-10-7-11-22-4)19-16(20)14-9-6-5-8-13(14)3/h12-15H,5-11H2,1-4H3,(H,18,21)(H,19,20)/t13-,14-,15-/m0/s1. The highest BCUT2D eigenvalue weighted by molar-refractivity contribution is 5.88. The van der Waals surface area contributed by atoms with Gasteiger partial charge < -0.3 is 15.4 Å². The first-order valence-electron chi connectivity index (χ1n) is 8.54. The molecule has 0 aromatic heterocycles. The Hall–Kier alpha value is -1.10. The molecule has 0 aromatic rings. The minimum Gasteiger partial charge on any atom is -0.385 e. The second-order valence-corrected chi connectivity index (χ2v) is 6.74. The molecule has 5 nitrogen and oxygen atoms in total. The van der Waals surface area contributed by atoms with Crippen LogP contribution in [0.3, 0.4) is 0 Å². The maximum atomic E-state index is 12.5. The summed E-state index contributed by atoms with van der Waals surface area (Å²) in [5, 5.41) is 5.86. The Morgan fingerprint density at radius 2 is 1.91 bits per heavy atom. The van der Waals surface area contributed by atoms with E-state index in [0.29, 0.717) is 19.1 Å². The topological polar surface area (TPSA) is 67.4 Å². The van der Waals surface area contributed by atoms with Gasteiger partial charge in [-0.05, 0) is 31.1 Å². The SMILES string of the molecule is COCCCNC(=O)[C@@H](NC(=O)[C@H]1CCCC[C@@H]1C)C(C)C. The summed E-state index contributed by atoms with van der Waals surface area (Å²) in [5.41, 5.74) is 0. The second-order valence-electron chi connectivity index (χ2n) is 6.74. The van der Waals surface area contributed by atoms with Crippen LogP contribution in [0.1, 0.15) is 52.9 Å². The van der Waals surface area contributed by atoms with Gasteiger partial charge in [-0.25, -0.2) is 0 Å². The van der Waals surface area contributed by atoms with Crippen LogP contribution in [0.15, 0.2) is 0 Å². The van der Waals surface area contributed by atoms with E-state index in [-0.39, 0.29) is 23.7 Å². The van der Waals surface area contributed by atoms with Gasteiger partial charge in [-0.3, -0.25) is 9.59 Å². The van der Waals surface area contributed by atoms with Crippen molar-refractivity contribution in [2.45, 2.75) is 58.9 Å². The van der Waals surface area contributed by atoms with Gasteiger partial charge in [-0.1, -0.05) is 33.6 Å². The largest absolute Gasteiger partial charge is 0.385 e. The van der Waals surface area contributed by atoms with Gasteiger partial charge in [-0.15, -0.1) is 0 Å². The van der Waals surface area contributed by atoms with Crippen molar-refractivity contribution in [3.8, 4) is 0 Å². The van der Waals surface area contributed by atoms with Crippen LogP contribution >= 0.6 is 0 Å². The van der Waals surface area contributed by atoms with Crippen molar-refractivity contribution >= 4 is 11.8 Å². The zero-order chi connectivity index (χ0) is 16.5. The number of amides is 2. The molecule has 0 radical (unpaired) electrons. The molecule has 0 aromatic carbocycles. The summed E-state index contributed by atoms with van der Waals surface area (Å²) in [6.45, 7) is 7.26. The van der Waals surface area contributed by atoms with Crippen LogP contribution in [0, 0.1) is 17.8 Å². The molecule has 2 N–H and O–H groups in total. The Morgan fingerprint density at radius 3 is 2.50 bits per heavy atom. The zero-order valence-electron chi connectivity index (χ0n) is 14.5. The number of nitrogens with one attached hydrogen (secondary N) is 2. The molecule has 1 saturated carbocycles. The van der Waals surface area contributed by atoms with Crippen LogP contribution in [0.2, 0.25) is 0 Å². The lowest BCUT2D eigenvalue weighted by molar-refractivity contribution is -0.133. The van der Waals surface area contributed by atoms with Crippen molar-refractivity contribution in [1.82, 2.24) is 10.6 Å². The van der Waals surface area contributed by atoms with E-state index in [1.54, 1.807) is 7.11 Å². The predicted molar refractivity (Wildman–Crippen MR) is 87.4 cm³/mol. The molecule has 0 unspecified atom stereocenters. The number of methoxy groups -OCH3 is 1. The first-order chi connectivity index (χ1) is 10.5. The lowest BCUT2D eigenvalue weighted by Crippen LogP contribution is -2.52. The molecule has 0 saturated heterocycles. The summed E-state index contributed by atoms with van der Waals surface area (Å²) in [7, 11) is 1.64. The van der Waals surface area contributed by atoms with Crippen LogP contribution in [-0.4, -0.2) is 38.1 Å². The van der Waals surface area contributed by atoms with E-state index < -0.39 is 6.04 Å². The first kappa shape index (κ1) is 18.9. The fourth-order valence-electron chi connectivity index (χ4n) is 3.04. The fraction of sp³-hybridized carbons (Fsp3) is 0.882. The minimum atomic E-state index is -0.454. The maximum absolute atomic E-state index is 12.5. The molecule has 5 heteroatoms. The third-order valence-corrected chi connectivity index (χ3v) is 4.52. The second kappa shape index (κ2) is 9.82. The van der Waals surface area contributed by atoms with Crippen molar-refractivity contribution in [2.24, 2.45) is 17.8 Å². The van der Waals surface area contributed by atoms with Gasteiger partial charge in [0.1, 0.15) is 6.04 Å². The summed E-state index contributed by atoms with van der Waals surface area (Å²) in [5.74, 6) is 0.480. The molecule has 2 amide bonds. The van der Waals surface area contributed by atoms with Gasteiger partial charge in [0, 0.05) is 26.2 Å². The smallest absolute Gasteiger partial charge is 0.242 e. The van der Waals surface area contributed by atoms with Crippen LogP contribution < -0.4 is 10.6 Å². The summed E-state index contributed by atoms with van der Waals surface area (Å²) in [6, 6.07) is -0.454. The summed E-state index contributed by atoms with van der Waals surface area (Å²) >= 11 is 0. The molecule has 0 spiro atoms. The molecular formula is C17H32N2O3. The van der Waals surface area contributed by atoms with Crippen molar-refractivity contribution in [2.75, 3.05) is 20.3 Å². The molecule has 1 rings (SSSR count). The Balaban J connectivity index is 2.51. The highest BCUT2D eigenvalue weighted by atomic mass is 16.5. The van der Waals surface area contributed by atoms with E-state index in [1.807, 2.05) is 13.8 Å². The average Bonchev–Trinajstić information content (AvgIpc) is 2.49. The average molecular weight is 312 g/mol. The Morgan fingerprint density at radius 1 is 1.23 bits per heavy atom. The molecule has 1 aliphatic rings. The normalized spacial score (nSPS) is 23.1. The fourth-order valence-corrected chi connectivity index (χ4v) is 3.04. The van der Waals surface area contributed by atoms with Gasteiger partial charge in [0.05, 0.1) is 0 Å². The van der Waals surface area contributed by atoms with E-state index in [9.17, 15) is 9.59 Å². The van der Waals surface area contributed by atoms with Crippen molar-refractivity contribution in [3.05, 3.63) is 0 Å². The van der Waals surface area contributed by atoms with Gasteiger partial charge in [-0.2, -0.15) is 0 Å². The number of ether oxygens (including phenoxy) is 1. The number of hydrogen-bond donors (Lipinski definition) is 2. The van der Waals surface area contributed by atoms with Gasteiger partial charge >= 0.3 is 0 Å². The van der Waals surface area contributed by atoms with Crippen LogP contribution in [0.5, 0.6) is 0 Å². The van der Waals surface area contributed by atoms with E-state index >= 15 is 0 Å². The maximum Gasteiger partial charge on any atom is 0.242 e. The third-order valence-electron chi connectivity index (χ3n) is 4.52. The van der Waals surface area contributed by atoms with Gasteiger partial charge in [0.2, 0.25) is 11.8 Å². The predicted octanol–water partition coefficient (Wildman–Crippen LogP) is 2.11.